The highest BCUT2D eigenvalue weighted by Gasteiger charge is 2.06. The third-order valence-electron chi connectivity index (χ3n) is 3.41. The largest absolute Gasteiger partial charge is 0.309 e. The van der Waals surface area contributed by atoms with Gasteiger partial charge in [0.1, 0.15) is 5.65 Å². The molecular weight excluding hydrogens is 298 g/mol. The lowest BCUT2D eigenvalue weighted by molar-refractivity contribution is -0.116. The number of nitrogens with zero attached hydrogens (tertiary/aromatic N) is 2. The monoisotopic (exact) mass is 313 g/mol. The van der Waals surface area contributed by atoms with Crippen molar-refractivity contribution in [2.75, 3.05) is 5.32 Å². The quantitative estimate of drug-likeness (QED) is 0.775. The average Bonchev–Trinajstić information content (AvgIpc) is 2.91. The smallest absolute Gasteiger partial charge is 0.225 e. The van der Waals surface area contributed by atoms with Crippen LogP contribution in [0.2, 0.25) is 5.02 Å². The Bertz CT molecular complexity index is 747. The van der Waals surface area contributed by atoms with E-state index in [4.69, 9.17) is 11.6 Å². The van der Waals surface area contributed by atoms with Gasteiger partial charge in [-0.2, -0.15) is 0 Å². The number of nitrogens with one attached hydrogen (secondary N) is 1. The number of pyridine rings is 1. The van der Waals surface area contributed by atoms with E-state index < -0.39 is 0 Å². The third kappa shape index (κ3) is 3.65. The van der Waals surface area contributed by atoms with Gasteiger partial charge in [-0.25, -0.2) is 4.98 Å². The minimum absolute atomic E-state index is 0.0163. The first kappa shape index (κ1) is 14.6. The first-order chi connectivity index (χ1) is 10.7. The van der Waals surface area contributed by atoms with Crippen molar-refractivity contribution in [1.29, 1.82) is 0 Å². The second-order valence-corrected chi connectivity index (χ2v) is 5.56. The molecule has 1 N–H and O–H groups in total. The Labute approximate surface area is 133 Å². The Morgan fingerprint density at radius 2 is 2.00 bits per heavy atom. The SMILES string of the molecule is O=C(CCCc1ccc(Cl)cc1)Nc1cn2ccccc2n1. The number of amides is 1. The van der Waals surface area contributed by atoms with Crippen molar-refractivity contribution in [1.82, 2.24) is 9.38 Å². The van der Waals surface area contributed by atoms with E-state index in [0.29, 0.717) is 12.2 Å². The Balaban J connectivity index is 1.50. The highest BCUT2D eigenvalue weighted by Crippen LogP contribution is 2.13. The normalized spacial score (nSPS) is 10.8. The second kappa shape index (κ2) is 6.62. The molecule has 3 rings (SSSR count). The Morgan fingerprint density at radius 3 is 2.77 bits per heavy atom. The van der Waals surface area contributed by atoms with E-state index in [1.807, 2.05) is 59.3 Å². The lowest BCUT2D eigenvalue weighted by Gasteiger charge is -2.03. The molecule has 0 spiro atoms. The summed E-state index contributed by atoms with van der Waals surface area (Å²) in [5.74, 6) is 0.570. The number of hydrogen-bond acceptors (Lipinski definition) is 2. The zero-order valence-corrected chi connectivity index (χ0v) is 12.8. The Morgan fingerprint density at radius 1 is 1.18 bits per heavy atom. The van der Waals surface area contributed by atoms with Crippen LogP contribution in [0.3, 0.4) is 0 Å². The maximum Gasteiger partial charge on any atom is 0.225 e. The molecule has 2 aromatic heterocycles. The van der Waals surface area contributed by atoms with Gasteiger partial charge < -0.3 is 9.72 Å². The summed E-state index contributed by atoms with van der Waals surface area (Å²) in [6.45, 7) is 0. The zero-order chi connectivity index (χ0) is 15.4. The summed E-state index contributed by atoms with van der Waals surface area (Å²) in [6, 6.07) is 13.5. The van der Waals surface area contributed by atoms with Gasteiger partial charge in [0.05, 0.1) is 6.20 Å². The first-order valence-corrected chi connectivity index (χ1v) is 7.56. The number of aromatic nitrogens is 2. The van der Waals surface area contributed by atoms with Gasteiger partial charge >= 0.3 is 0 Å². The second-order valence-electron chi connectivity index (χ2n) is 5.12. The van der Waals surface area contributed by atoms with Gasteiger partial charge in [0.25, 0.3) is 0 Å². The molecule has 4 nitrogen and oxygen atoms in total. The van der Waals surface area contributed by atoms with Crippen LogP contribution in [0, 0.1) is 0 Å². The van der Waals surface area contributed by atoms with Crippen molar-refractivity contribution in [2.45, 2.75) is 19.3 Å². The minimum Gasteiger partial charge on any atom is -0.309 e. The molecule has 3 aromatic rings. The predicted molar refractivity (Wildman–Crippen MR) is 88.2 cm³/mol. The van der Waals surface area contributed by atoms with Gasteiger partial charge in [-0.15, -0.1) is 0 Å². The van der Waals surface area contributed by atoms with Crippen molar-refractivity contribution in [3.63, 3.8) is 0 Å². The summed E-state index contributed by atoms with van der Waals surface area (Å²) in [5, 5.41) is 3.56. The lowest BCUT2D eigenvalue weighted by Crippen LogP contribution is -2.11. The number of aryl methyl sites for hydroxylation is 1. The summed E-state index contributed by atoms with van der Waals surface area (Å²) in [4.78, 5) is 16.3. The van der Waals surface area contributed by atoms with Crippen LogP contribution in [-0.2, 0) is 11.2 Å². The fourth-order valence-corrected chi connectivity index (χ4v) is 2.43. The van der Waals surface area contributed by atoms with Gasteiger partial charge in [-0.05, 0) is 42.7 Å². The van der Waals surface area contributed by atoms with E-state index in [2.05, 4.69) is 10.3 Å². The standard InChI is InChI=1S/C17H16ClN3O/c18-14-9-7-13(8-10-14)4-3-6-17(22)20-15-12-21-11-2-1-5-16(21)19-15/h1-2,5,7-12H,3-4,6H2,(H,20,22). The number of benzene rings is 1. The molecule has 5 heteroatoms. The number of carbonyl (C=O) groups excluding carboxylic acids is 1. The van der Waals surface area contributed by atoms with E-state index in [1.54, 1.807) is 0 Å². The molecule has 0 unspecified atom stereocenters. The third-order valence-corrected chi connectivity index (χ3v) is 3.67. The van der Waals surface area contributed by atoms with Gasteiger partial charge in [0, 0.05) is 17.6 Å². The summed E-state index contributed by atoms with van der Waals surface area (Å²) in [6.07, 6.45) is 5.83. The van der Waals surface area contributed by atoms with Crippen LogP contribution >= 0.6 is 11.6 Å². The fraction of sp³-hybridized carbons (Fsp3) is 0.176. The van der Waals surface area contributed by atoms with Crippen LogP contribution in [0.25, 0.3) is 5.65 Å². The highest BCUT2D eigenvalue weighted by molar-refractivity contribution is 6.30. The minimum atomic E-state index is -0.0163. The molecule has 1 aromatic carbocycles. The van der Waals surface area contributed by atoms with Crippen LogP contribution < -0.4 is 5.32 Å². The molecular formula is C17H16ClN3O. The molecule has 0 aliphatic carbocycles. The van der Waals surface area contributed by atoms with Gasteiger partial charge in [0.2, 0.25) is 5.91 Å². The molecule has 0 aliphatic heterocycles. The number of halogens is 1. The Hall–Kier alpha value is -2.33. The average molecular weight is 314 g/mol. The number of carbonyl (C=O) groups is 1. The predicted octanol–water partition coefficient (Wildman–Crippen LogP) is 3.95. The number of hydrogen-bond donors (Lipinski definition) is 1. The van der Waals surface area contributed by atoms with Crippen LogP contribution in [0.4, 0.5) is 5.82 Å². The summed E-state index contributed by atoms with van der Waals surface area (Å²) < 4.78 is 1.88. The molecule has 0 bridgehead atoms. The summed E-state index contributed by atoms with van der Waals surface area (Å²) >= 11 is 5.85. The van der Waals surface area contributed by atoms with E-state index in [1.165, 1.54) is 5.56 Å². The van der Waals surface area contributed by atoms with Gasteiger partial charge in [-0.3, -0.25) is 4.79 Å². The van der Waals surface area contributed by atoms with E-state index in [9.17, 15) is 4.79 Å². The molecule has 0 atom stereocenters. The number of fused-ring (bicyclic) bond motifs is 1. The number of rotatable bonds is 5. The molecule has 1 amide bonds. The van der Waals surface area contributed by atoms with Crippen LogP contribution in [0.5, 0.6) is 0 Å². The van der Waals surface area contributed by atoms with Gasteiger partial charge in [-0.1, -0.05) is 29.8 Å². The van der Waals surface area contributed by atoms with E-state index >= 15 is 0 Å². The van der Waals surface area contributed by atoms with Crippen molar-refractivity contribution in [2.24, 2.45) is 0 Å². The number of imidazole rings is 1. The molecule has 112 valence electrons. The van der Waals surface area contributed by atoms with Gasteiger partial charge in [0.15, 0.2) is 5.82 Å². The van der Waals surface area contributed by atoms with Crippen LogP contribution in [0.1, 0.15) is 18.4 Å². The molecule has 2 heterocycles. The molecule has 0 aliphatic rings. The number of anilines is 1. The molecule has 0 saturated heterocycles. The lowest BCUT2D eigenvalue weighted by atomic mass is 10.1. The van der Waals surface area contributed by atoms with Crippen LogP contribution in [-0.4, -0.2) is 15.3 Å². The molecule has 0 fully saturated rings. The van der Waals surface area contributed by atoms with Crippen molar-refractivity contribution >= 4 is 29.0 Å². The van der Waals surface area contributed by atoms with Crippen molar-refractivity contribution < 1.29 is 4.79 Å². The maximum atomic E-state index is 12.0. The van der Waals surface area contributed by atoms with Crippen LogP contribution in [0.15, 0.2) is 54.9 Å². The maximum absolute atomic E-state index is 12.0. The first-order valence-electron chi connectivity index (χ1n) is 7.19. The fourth-order valence-electron chi connectivity index (χ4n) is 2.30. The molecule has 0 saturated carbocycles. The Kier molecular flexibility index (Phi) is 4.39. The summed E-state index contributed by atoms with van der Waals surface area (Å²) in [5.41, 5.74) is 2.00. The molecule has 22 heavy (non-hydrogen) atoms. The molecule has 0 radical (unpaired) electrons. The van der Waals surface area contributed by atoms with E-state index in [-0.39, 0.29) is 5.91 Å². The summed E-state index contributed by atoms with van der Waals surface area (Å²) in [7, 11) is 0. The zero-order valence-electron chi connectivity index (χ0n) is 12.0. The highest BCUT2D eigenvalue weighted by atomic mass is 35.5. The topological polar surface area (TPSA) is 46.4 Å². The van der Waals surface area contributed by atoms with Crippen molar-refractivity contribution in [3.05, 3.63) is 65.4 Å². The van der Waals surface area contributed by atoms with E-state index in [0.717, 1.165) is 23.5 Å². The van der Waals surface area contributed by atoms with Crippen molar-refractivity contribution in [3.8, 4) is 0 Å².